The maximum Gasteiger partial charge on any atom is 0.416 e. The van der Waals surface area contributed by atoms with Gasteiger partial charge in [-0.05, 0) is 42.9 Å². The molecular formula is C21H25F3N4O. The summed E-state index contributed by atoms with van der Waals surface area (Å²) in [6, 6.07) is 12.4. The predicted molar refractivity (Wildman–Crippen MR) is 108 cm³/mol. The normalized spacial score (nSPS) is 15.9. The van der Waals surface area contributed by atoms with Crippen LogP contribution in [-0.2, 0) is 17.5 Å². The highest BCUT2D eigenvalue weighted by Gasteiger charge is 2.30. The first-order valence-corrected chi connectivity index (χ1v) is 9.50. The van der Waals surface area contributed by atoms with Crippen LogP contribution in [0.4, 0.5) is 24.5 Å². The van der Waals surface area contributed by atoms with E-state index in [1.807, 2.05) is 24.3 Å². The topological polar surface area (TPSA) is 47.6 Å². The summed E-state index contributed by atoms with van der Waals surface area (Å²) in [7, 11) is 2.12. The monoisotopic (exact) mass is 406 g/mol. The number of rotatable bonds is 6. The summed E-state index contributed by atoms with van der Waals surface area (Å²) in [5, 5.41) is 5.47. The van der Waals surface area contributed by atoms with E-state index in [9.17, 15) is 18.0 Å². The molecule has 0 atom stereocenters. The van der Waals surface area contributed by atoms with Crippen LogP contribution in [0, 0.1) is 0 Å². The highest BCUT2D eigenvalue weighted by atomic mass is 19.4. The van der Waals surface area contributed by atoms with Gasteiger partial charge in [0.2, 0.25) is 5.91 Å². The average Bonchev–Trinajstić information content (AvgIpc) is 2.69. The molecule has 0 bridgehead atoms. The fourth-order valence-corrected chi connectivity index (χ4v) is 3.15. The minimum atomic E-state index is -4.41. The van der Waals surface area contributed by atoms with Crippen LogP contribution < -0.4 is 10.6 Å². The lowest BCUT2D eigenvalue weighted by Crippen LogP contribution is -2.43. The maximum atomic E-state index is 12.7. The van der Waals surface area contributed by atoms with Gasteiger partial charge < -0.3 is 15.5 Å². The second kappa shape index (κ2) is 9.28. The molecule has 156 valence electrons. The van der Waals surface area contributed by atoms with Gasteiger partial charge in [-0.2, -0.15) is 13.2 Å². The number of carbonyl (C=O) groups excluding carboxylic acids is 1. The first-order valence-electron chi connectivity index (χ1n) is 9.50. The molecule has 0 unspecified atom stereocenters. The molecule has 1 amide bonds. The van der Waals surface area contributed by atoms with Crippen LogP contribution in [0.15, 0.2) is 48.5 Å². The lowest BCUT2D eigenvalue weighted by molar-refractivity contribution is -0.137. The van der Waals surface area contributed by atoms with Gasteiger partial charge in [-0.1, -0.05) is 18.2 Å². The standard InChI is InChI=1S/C21H25F3N4O/c1-27-9-11-28(12-10-27)15-16-5-7-18(8-6-16)26-20(29)14-25-19-4-2-3-17(13-19)21(22,23)24/h2-8,13,25H,9-12,14-15H2,1H3,(H,26,29). The molecule has 8 heteroatoms. The number of likely N-dealkylation sites (N-methyl/N-ethyl adjacent to an activating group) is 1. The van der Waals surface area contributed by atoms with Gasteiger partial charge in [-0.3, -0.25) is 9.69 Å². The summed E-state index contributed by atoms with van der Waals surface area (Å²) in [6.45, 7) is 4.95. The Morgan fingerprint density at radius 3 is 2.34 bits per heavy atom. The van der Waals surface area contributed by atoms with Gasteiger partial charge in [-0.15, -0.1) is 0 Å². The molecule has 2 aromatic carbocycles. The third kappa shape index (κ3) is 6.47. The van der Waals surface area contributed by atoms with Gasteiger partial charge >= 0.3 is 6.18 Å². The first-order chi connectivity index (χ1) is 13.8. The third-order valence-corrected chi connectivity index (χ3v) is 4.88. The summed E-state index contributed by atoms with van der Waals surface area (Å²) in [5.74, 6) is -0.325. The predicted octanol–water partition coefficient (Wildman–Crippen LogP) is 3.50. The molecule has 0 spiro atoms. The molecule has 1 aliphatic rings. The van der Waals surface area contributed by atoms with Crippen LogP contribution in [0.3, 0.4) is 0 Å². The van der Waals surface area contributed by atoms with Crippen molar-refractivity contribution < 1.29 is 18.0 Å². The van der Waals surface area contributed by atoms with Crippen molar-refractivity contribution in [1.82, 2.24) is 9.80 Å². The minimum absolute atomic E-state index is 0.121. The van der Waals surface area contributed by atoms with Crippen molar-refractivity contribution in [2.75, 3.05) is 50.4 Å². The van der Waals surface area contributed by atoms with E-state index in [1.165, 1.54) is 17.7 Å². The number of benzene rings is 2. The zero-order chi connectivity index (χ0) is 20.9. The van der Waals surface area contributed by atoms with Crippen molar-refractivity contribution in [3.05, 3.63) is 59.7 Å². The van der Waals surface area contributed by atoms with E-state index in [2.05, 4.69) is 27.5 Å². The Hall–Kier alpha value is -2.58. The summed E-state index contributed by atoms with van der Waals surface area (Å²) in [4.78, 5) is 16.8. The van der Waals surface area contributed by atoms with Gasteiger partial charge in [0.05, 0.1) is 12.1 Å². The molecule has 29 heavy (non-hydrogen) atoms. The lowest BCUT2D eigenvalue weighted by Gasteiger charge is -2.32. The smallest absolute Gasteiger partial charge is 0.376 e. The second-order valence-electron chi connectivity index (χ2n) is 7.26. The van der Waals surface area contributed by atoms with Crippen LogP contribution >= 0.6 is 0 Å². The van der Waals surface area contributed by atoms with Crippen LogP contribution in [0.25, 0.3) is 0 Å². The van der Waals surface area contributed by atoms with Gasteiger partial charge in [-0.25, -0.2) is 0 Å². The number of halogens is 3. The van der Waals surface area contributed by atoms with Crippen molar-refractivity contribution >= 4 is 17.3 Å². The Labute approximate surface area is 168 Å². The molecule has 0 radical (unpaired) electrons. The molecule has 1 saturated heterocycles. The quantitative estimate of drug-likeness (QED) is 0.771. The number of hydrogen-bond donors (Lipinski definition) is 2. The summed E-state index contributed by atoms with van der Waals surface area (Å²) < 4.78 is 38.2. The van der Waals surface area contributed by atoms with E-state index in [1.54, 1.807) is 0 Å². The third-order valence-electron chi connectivity index (χ3n) is 4.88. The van der Waals surface area contributed by atoms with Crippen molar-refractivity contribution in [3.63, 3.8) is 0 Å². The van der Waals surface area contributed by atoms with E-state index < -0.39 is 11.7 Å². The van der Waals surface area contributed by atoms with Crippen molar-refractivity contribution in [2.45, 2.75) is 12.7 Å². The van der Waals surface area contributed by atoms with Crippen LogP contribution in [0.5, 0.6) is 0 Å². The van der Waals surface area contributed by atoms with Gasteiger partial charge in [0.1, 0.15) is 0 Å². The lowest BCUT2D eigenvalue weighted by atomic mass is 10.1. The van der Waals surface area contributed by atoms with Gasteiger partial charge in [0, 0.05) is 44.1 Å². The van der Waals surface area contributed by atoms with Crippen LogP contribution in [-0.4, -0.2) is 55.5 Å². The van der Waals surface area contributed by atoms with E-state index in [0.29, 0.717) is 5.69 Å². The minimum Gasteiger partial charge on any atom is -0.376 e. The number of nitrogens with zero attached hydrogens (tertiary/aromatic N) is 2. The van der Waals surface area contributed by atoms with E-state index in [-0.39, 0.29) is 18.1 Å². The highest BCUT2D eigenvalue weighted by molar-refractivity contribution is 5.93. The van der Waals surface area contributed by atoms with Crippen molar-refractivity contribution in [3.8, 4) is 0 Å². The number of piperazine rings is 1. The molecule has 0 saturated carbocycles. The van der Waals surface area contributed by atoms with Crippen molar-refractivity contribution in [2.24, 2.45) is 0 Å². The Morgan fingerprint density at radius 2 is 1.69 bits per heavy atom. The second-order valence-corrected chi connectivity index (χ2v) is 7.26. The molecule has 3 rings (SSSR count). The van der Waals surface area contributed by atoms with Gasteiger partial charge in [0.25, 0.3) is 0 Å². The number of amides is 1. The molecule has 0 aliphatic carbocycles. The molecule has 1 fully saturated rings. The fourth-order valence-electron chi connectivity index (χ4n) is 3.15. The Morgan fingerprint density at radius 1 is 1.00 bits per heavy atom. The highest BCUT2D eigenvalue weighted by Crippen LogP contribution is 2.30. The van der Waals surface area contributed by atoms with Gasteiger partial charge in [0.15, 0.2) is 0 Å². The van der Waals surface area contributed by atoms with E-state index in [0.717, 1.165) is 44.9 Å². The Balaban J connectivity index is 1.47. The molecule has 0 aromatic heterocycles. The van der Waals surface area contributed by atoms with Crippen molar-refractivity contribution in [1.29, 1.82) is 0 Å². The number of carbonyl (C=O) groups is 1. The molecule has 1 heterocycles. The van der Waals surface area contributed by atoms with Crippen LogP contribution in [0.1, 0.15) is 11.1 Å². The Kier molecular flexibility index (Phi) is 6.76. The fraction of sp³-hybridized carbons (Fsp3) is 0.381. The van der Waals surface area contributed by atoms with Crippen LogP contribution in [0.2, 0.25) is 0 Å². The molecule has 2 aromatic rings. The number of nitrogens with one attached hydrogen (secondary N) is 2. The average molecular weight is 406 g/mol. The number of anilines is 2. The zero-order valence-electron chi connectivity index (χ0n) is 16.3. The number of hydrogen-bond acceptors (Lipinski definition) is 4. The molecule has 1 aliphatic heterocycles. The zero-order valence-corrected chi connectivity index (χ0v) is 16.3. The molecular weight excluding hydrogens is 381 g/mol. The maximum absolute atomic E-state index is 12.7. The SMILES string of the molecule is CN1CCN(Cc2ccc(NC(=O)CNc3cccc(C(F)(F)F)c3)cc2)CC1. The van der Waals surface area contributed by atoms with E-state index in [4.69, 9.17) is 0 Å². The molecule has 5 nitrogen and oxygen atoms in total. The van der Waals surface area contributed by atoms with E-state index >= 15 is 0 Å². The summed E-state index contributed by atoms with van der Waals surface area (Å²) >= 11 is 0. The summed E-state index contributed by atoms with van der Waals surface area (Å²) in [5.41, 5.74) is 1.33. The molecule has 2 N–H and O–H groups in total. The largest absolute Gasteiger partial charge is 0.416 e. The Bertz CT molecular complexity index is 815. The summed E-state index contributed by atoms with van der Waals surface area (Å²) in [6.07, 6.45) is -4.41. The number of alkyl halides is 3. The first kappa shape index (κ1) is 21.1.